The summed E-state index contributed by atoms with van der Waals surface area (Å²) in [4.78, 5) is 57.7. The number of likely N-dealkylation sites (tertiary alicyclic amines) is 2. The Balaban J connectivity index is 1.00. The molecule has 10 rings (SSSR count). The smallest absolute Gasteiger partial charge is 0.410 e. The number of carbonyl (C=O) groups is 3. The van der Waals surface area contributed by atoms with Gasteiger partial charge in [0.1, 0.15) is 11.1 Å². The first-order valence-electron chi connectivity index (χ1n) is 21.5. The van der Waals surface area contributed by atoms with Crippen molar-refractivity contribution in [3.8, 4) is 11.3 Å². The number of carbonyl (C=O) groups excluding carboxylic acids is 3. The Morgan fingerprint density at radius 2 is 1.69 bits per heavy atom. The van der Waals surface area contributed by atoms with E-state index in [2.05, 4.69) is 49.3 Å². The molecule has 2 aromatic heterocycles. The highest BCUT2D eigenvalue weighted by molar-refractivity contribution is 6.09. The van der Waals surface area contributed by atoms with E-state index in [0.29, 0.717) is 54.8 Å². The van der Waals surface area contributed by atoms with Crippen LogP contribution in [-0.2, 0) is 14.9 Å². The van der Waals surface area contributed by atoms with Gasteiger partial charge in [-0.2, -0.15) is 0 Å². The van der Waals surface area contributed by atoms with Crippen molar-refractivity contribution < 1.29 is 19.1 Å². The number of nitrogens with one attached hydrogen (secondary N) is 2. The van der Waals surface area contributed by atoms with Gasteiger partial charge in [-0.15, -0.1) is 0 Å². The maximum Gasteiger partial charge on any atom is 0.410 e. The summed E-state index contributed by atoms with van der Waals surface area (Å²) in [7, 11) is 1.64. The Morgan fingerprint density at radius 1 is 0.914 bits per heavy atom. The number of aromatic nitrogens is 3. The maximum atomic E-state index is 15.1. The van der Waals surface area contributed by atoms with E-state index in [1.165, 1.54) is 32.2 Å². The van der Waals surface area contributed by atoms with E-state index in [4.69, 9.17) is 14.7 Å². The molecular formula is C46H56N8O4. The molecule has 3 saturated carbocycles. The molecule has 4 aromatic rings. The molecule has 2 spiro atoms. The average molecular weight is 785 g/mol. The van der Waals surface area contributed by atoms with Crippen LogP contribution >= 0.6 is 0 Å². The third-order valence-corrected chi connectivity index (χ3v) is 14.0. The fourth-order valence-electron chi connectivity index (χ4n) is 10.3. The number of imidazole rings is 1. The zero-order valence-electron chi connectivity index (χ0n) is 34.6. The highest BCUT2D eigenvalue weighted by Gasteiger charge is 2.57. The molecule has 6 aliphatic rings. The Labute approximate surface area is 340 Å². The fraction of sp³-hybridized carbons (Fsp3) is 0.543. The molecule has 304 valence electrons. The monoisotopic (exact) mass is 784 g/mol. The van der Waals surface area contributed by atoms with Crippen molar-refractivity contribution in [3.63, 3.8) is 0 Å². The van der Waals surface area contributed by atoms with Crippen molar-refractivity contribution in [1.29, 1.82) is 0 Å². The van der Waals surface area contributed by atoms with Crippen LogP contribution < -0.4 is 15.5 Å². The van der Waals surface area contributed by atoms with Crippen LogP contribution in [0.2, 0.25) is 0 Å². The number of hydrogen-bond donors (Lipinski definition) is 2. The fourth-order valence-corrected chi connectivity index (χ4v) is 10.3. The predicted molar refractivity (Wildman–Crippen MR) is 225 cm³/mol. The number of pyridine rings is 1. The third-order valence-electron chi connectivity index (χ3n) is 14.0. The predicted octanol–water partition coefficient (Wildman–Crippen LogP) is 7.87. The SMILES string of the molecule is CNC(=O)c1cc(Nc2nc(-c3ccc4c(c3)N([C@H]3C[C@@H](N5CCCC6(CC6)C5)C3)C(=O)C43CCN(C(=O)OC(C)(C)C)CC3)cc3ncn(C4CC4)c23)ccc1C. The van der Waals surface area contributed by atoms with Crippen molar-refractivity contribution in [2.24, 2.45) is 5.41 Å². The molecule has 2 aromatic carbocycles. The summed E-state index contributed by atoms with van der Waals surface area (Å²) in [6.07, 6.45) is 12.3. The summed E-state index contributed by atoms with van der Waals surface area (Å²) in [5.74, 6) is 0.714. The first-order valence-corrected chi connectivity index (χ1v) is 21.5. The number of fused-ring (bicyclic) bond motifs is 3. The number of ether oxygens (including phenoxy) is 1. The first-order chi connectivity index (χ1) is 27.8. The van der Waals surface area contributed by atoms with Crippen LogP contribution in [0.5, 0.6) is 0 Å². The van der Waals surface area contributed by atoms with E-state index in [-0.39, 0.29) is 23.9 Å². The largest absolute Gasteiger partial charge is 0.444 e. The maximum absolute atomic E-state index is 15.1. The van der Waals surface area contributed by atoms with Gasteiger partial charge < -0.3 is 29.7 Å². The molecule has 5 heterocycles. The van der Waals surface area contributed by atoms with Gasteiger partial charge in [0.25, 0.3) is 5.91 Å². The molecule has 58 heavy (non-hydrogen) atoms. The van der Waals surface area contributed by atoms with Gasteiger partial charge in [-0.3, -0.25) is 14.5 Å². The van der Waals surface area contributed by atoms with Crippen LogP contribution in [0.3, 0.4) is 0 Å². The molecule has 3 aliphatic carbocycles. The Kier molecular flexibility index (Phi) is 8.71. The summed E-state index contributed by atoms with van der Waals surface area (Å²) in [6, 6.07) is 15.3. The highest BCUT2D eigenvalue weighted by Crippen LogP contribution is 2.55. The van der Waals surface area contributed by atoms with Crippen LogP contribution in [0.25, 0.3) is 22.3 Å². The van der Waals surface area contributed by atoms with E-state index in [0.717, 1.165) is 77.0 Å². The minimum Gasteiger partial charge on any atom is -0.444 e. The topological polar surface area (TPSA) is 125 Å². The highest BCUT2D eigenvalue weighted by atomic mass is 16.6. The van der Waals surface area contributed by atoms with Crippen LogP contribution in [0.4, 0.5) is 22.0 Å². The van der Waals surface area contributed by atoms with Gasteiger partial charge in [0.15, 0.2) is 5.82 Å². The summed E-state index contributed by atoms with van der Waals surface area (Å²) in [5, 5.41) is 6.33. The van der Waals surface area contributed by atoms with Gasteiger partial charge in [0.05, 0.1) is 23.0 Å². The molecule has 3 aliphatic heterocycles. The third kappa shape index (κ3) is 6.42. The second kappa shape index (κ2) is 13.5. The van der Waals surface area contributed by atoms with Gasteiger partial charge in [0.2, 0.25) is 5.91 Å². The van der Waals surface area contributed by atoms with Crippen LogP contribution in [0, 0.1) is 12.3 Å². The van der Waals surface area contributed by atoms with Gasteiger partial charge in [-0.1, -0.05) is 18.2 Å². The summed E-state index contributed by atoms with van der Waals surface area (Å²) < 4.78 is 7.96. The molecule has 2 saturated heterocycles. The second-order valence-electron chi connectivity index (χ2n) is 19.2. The summed E-state index contributed by atoms with van der Waals surface area (Å²) >= 11 is 0. The number of anilines is 3. The standard InChI is InChI=1S/C46H56N8O4/c1-28-7-9-30(22-34(28)41(55)47-5)49-40-39-37(48-27-53(39)31-10-11-31)25-36(50-40)29-8-12-35-38(21-29)54(33-23-32(24-33)52-18-6-13-45(26-52)14-15-45)42(56)46(35)16-19-51(20-17-46)43(57)58-44(2,3)4/h7-9,12,21-22,25,27,31-33H,6,10-11,13-20,23-24,26H2,1-5H3,(H,47,55)(H,49,50)/t32-,33+. The molecule has 3 amide bonds. The lowest BCUT2D eigenvalue weighted by Gasteiger charge is -2.49. The van der Waals surface area contributed by atoms with Gasteiger partial charge >= 0.3 is 6.09 Å². The zero-order chi connectivity index (χ0) is 40.1. The van der Waals surface area contributed by atoms with E-state index in [1.807, 2.05) is 52.2 Å². The van der Waals surface area contributed by atoms with Crippen LogP contribution in [0.15, 0.2) is 48.8 Å². The normalized spacial score (nSPS) is 23.6. The Morgan fingerprint density at radius 3 is 2.40 bits per heavy atom. The second-order valence-corrected chi connectivity index (χ2v) is 19.2. The number of rotatable bonds is 7. The average Bonchev–Trinajstić information content (AvgIpc) is 4.12. The van der Waals surface area contributed by atoms with Crippen LogP contribution in [-0.4, -0.2) is 93.2 Å². The molecule has 0 radical (unpaired) electrons. The summed E-state index contributed by atoms with van der Waals surface area (Å²) in [6.45, 7) is 10.9. The summed E-state index contributed by atoms with van der Waals surface area (Å²) in [5.41, 5.74) is 7.05. The van der Waals surface area contributed by atoms with Crippen molar-refractivity contribution in [2.75, 3.05) is 43.4 Å². The minimum atomic E-state index is -0.693. The van der Waals surface area contributed by atoms with E-state index < -0.39 is 11.0 Å². The molecule has 0 atom stereocenters. The van der Waals surface area contributed by atoms with Gasteiger partial charge in [-0.25, -0.2) is 14.8 Å². The van der Waals surface area contributed by atoms with Gasteiger partial charge in [-0.05, 0) is 139 Å². The van der Waals surface area contributed by atoms with E-state index in [1.54, 1.807) is 11.9 Å². The molecular weight excluding hydrogens is 729 g/mol. The molecule has 0 bridgehead atoms. The number of benzene rings is 2. The minimum absolute atomic E-state index is 0.129. The number of piperidine rings is 2. The van der Waals surface area contributed by atoms with Crippen molar-refractivity contribution in [3.05, 3.63) is 65.5 Å². The molecule has 12 heteroatoms. The molecule has 0 unspecified atom stereocenters. The first kappa shape index (κ1) is 37.3. The van der Waals surface area contributed by atoms with Crippen molar-refractivity contribution in [1.82, 2.24) is 29.7 Å². The number of amides is 3. The quantitative estimate of drug-likeness (QED) is 0.194. The zero-order valence-corrected chi connectivity index (χ0v) is 34.6. The van der Waals surface area contributed by atoms with Crippen molar-refractivity contribution in [2.45, 2.75) is 121 Å². The number of aryl methyl sites for hydroxylation is 1. The molecule has 12 nitrogen and oxygen atoms in total. The lowest BCUT2D eigenvalue weighted by Crippen LogP contribution is -2.59. The van der Waals surface area contributed by atoms with Crippen molar-refractivity contribution >= 4 is 46.1 Å². The Hall–Kier alpha value is -4.97. The lowest BCUT2D eigenvalue weighted by atomic mass is 9.73. The van der Waals surface area contributed by atoms with E-state index >= 15 is 4.79 Å². The van der Waals surface area contributed by atoms with E-state index in [9.17, 15) is 9.59 Å². The Bertz CT molecular complexity index is 2320. The molecule has 5 fully saturated rings. The number of nitrogens with zero attached hydrogens (tertiary/aromatic N) is 6. The molecule has 2 N–H and O–H groups in total. The lowest BCUT2D eigenvalue weighted by molar-refractivity contribution is -0.126. The number of hydrogen-bond acceptors (Lipinski definition) is 8. The van der Waals surface area contributed by atoms with Gasteiger partial charge in [0, 0.05) is 67.3 Å². The van der Waals surface area contributed by atoms with Crippen LogP contribution in [0.1, 0.15) is 113 Å².